The maximum Gasteiger partial charge on any atom is 0.148 e. The first-order valence-electron chi connectivity index (χ1n) is 5.80. The lowest BCUT2D eigenvalue weighted by atomic mass is 10.1. The molecule has 2 rings (SSSR count). The van der Waals surface area contributed by atoms with Gasteiger partial charge in [0, 0.05) is 13.1 Å². The molecule has 0 unspecified atom stereocenters. The number of aromatic amines is 1. The van der Waals surface area contributed by atoms with Crippen molar-refractivity contribution in [3.8, 4) is 17.0 Å². The summed E-state index contributed by atoms with van der Waals surface area (Å²) in [5, 5.41) is 10.1. The standard InChI is InChI=1S/C13H17N3O/c1-3-8-17-11-6-4-10(5-7-11)12-9-13(14-2)16-15-12/h4-7,9H,3,8H2,1-2H3,(H2,14,15,16). The third-order valence-corrected chi connectivity index (χ3v) is 2.47. The van der Waals surface area contributed by atoms with Gasteiger partial charge in [-0.05, 0) is 36.2 Å². The molecule has 0 aliphatic carbocycles. The molecular weight excluding hydrogens is 214 g/mol. The number of rotatable bonds is 5. The van der Waals surface area contributed by atoms with Gasteiger partial charge < -0.3 is 10.1 Å². The fourth-order valence-corrected chi connectivity index (χ4v) is 1.55. The molecule has 4 nitrogen and oxygen atoms in total. The van der Waals surface area contributed by atoms with Crippen LogP contribution < -0.4 is 10.1 Å². The van der Waals surface area contributed by atoms with Crippen molar-refractivity contribution in [1.29, 1.82) is 0 Å². The quantitative estimate of drug-likeness (QED) is 0.831. The minimum absolute atomic E-state index is 0.757. The van der Waals surface area contributed by atoms with Crippen molar-refractivity contribution in [1.82, 2.24) is 10.2 Å². The molecule has 0 spiro atoms. The molecule has 0 saturated carbocycles. The van der Waals surface area contributed by atoms with Gasteiger partial charge in [-0.15, -0.1) is 0 Å². The first-order chi connectivity index (χ1) is 8.33. The Morgan fingerprint density at radius 1 is 1.29 bits per heavy atom. The van der Waals surface area contributed by atoms with Crippen molar-refractivity contribution in [2.45, 2.75) is 13.3 Å². The third kappa shape index (κ3) is 2.78. The fraction of sp³-hybridized carbons (Fsp3) is 0.308. The number of nitrogens with one attached hydrogen (secondary N) is 2. The van der Waals surface area contributed by atoms with E-state index in [1.807, 2.05) is 37.4 Å². The summed E-state index contributed by atoms with van der Waals surface area (Å²) in [7, 11) is 1.85. The van der Waals surface area contributed by atoms with Crippen LogP contribution in [0, 0.1) is 0 Å². The Labute approximate surface area is 101 Å². The Morgan fingerprint density at radius 3 is 2.65 bits per heavy atom. The number of hydrogen-bond donors (Lipinski definition) is 2. The first-order valence-corrected chi connectivity index (χ1v) is 5.80. The topological polar surface area (TPSA) is 49.9 Å². The lowest BCUT2D eigenvalue weighted by molar-refractivity contribution is 0.317. The molecule has 0 aliphatic rings. The van der Waals surface area contributed by atoms with Gasteiger partial charge in [0.2, 0.25) is 0 Å². The summed E-state index contributed by atoms with van der Waals surface area (Å²) in [6.07, 6.45) is 1.02. The predicted molar refractivity (Wildman–Crippen MR) is 69.4 cm³/mol. The molecule has 0 fully saturated rings. The molecule has 0 atom stereocenters. The highest BCUT2D eigenvalue weighted by Crippen LogP contribution is 2.22. The monoisotopic (exact) mass is 231 g/mol. The van der Waals surface area contributed by atoms with Gasteiger partial charge in [0.1, 0.15) is 11.6 Å². The van der Waals surface area contributed by atoms with Gasteiger partial charge in [-0.2, -0.15) is 5.10 Å². The van der Waals surface area contributed by atoms with Gasteiger partial charge in [-0.25, -0.2) is 0 Å². The number of hydrogen-bond acceptors (Lipinski definition) is 3. The van der Waals surface area contributed by atoms with Gasteiger partial charge in [0.05, 0.1) is 12.3 Å². The highest BCUT2D eigenvalue weighted by Gasteiger charge is 2.02. The van der Waals surface area contributed by atoms with Crippen LogP contribution in [0.4, 0.5) is 5.82 Å². The molecule has 0 bridgehead atoms. The van der Waals surface area contributed by atoms with Crippen LogP contribution in [0.3, 0.4) is 0 Å². The molecule has 0 amide bonds. The number of benzene rings is 1. The van der Waals surface area contributed by atoms with E-state index in [1.54, 1.807) is 0 Å². The van der Waals surface area contributed by atoms with Crippen molar-refractivity contribution in [3.05, 3.63) is 30.3 Å². The minimum Gasteiger partial charge on any atom is -0.494 e. The van der Waals surface area contributed by atoms with E-state index in [1.165, 1.54) is 0 Å². The number of aromatic nitrogens is 2. The number of anilines is 1. The van der Waals surface area contributed by atoms with Crippen LogP contribution in [0.5, 0.6) is 5.75 Å². The van der Waals surface area contributed by atoms with Gasteiger partial charge >= 0.3 is 0 Å². The van der Waals surface area contributed by atoms with Crippen molar-refractivity contribution >= 4 is 5.82 Å². The summed E-state index contributed by atoms with van der Waals surface area (Å²) in [5.41, 5.74) is 2.10. The highest BCUT2D eigenvalue weighted by molar-refractivity contribution is 5.63. The van der Waals surface area contributed by atoms with E-state index < -0.39 is 0 Å². The molecule has 1 aromatic carbocycles. The van der Waals surface area contributed by atoms with Gasteiger partial charge in [0.25, 0.3) is 0 Å². The van der Waals surface area contributed by atoms with Gasteiger partial charge in [-0.3, -0.25) is 5.10 Å². The summed E-state index contributed by atoms with van der Waals surface area (Å²) in [4.78, 5) is 0. The van der Waals surface area contributed by atoms with Crippen LogP contribution in [0.2, 0.25) is 0 Å². The second-order valence-corrected chi connectivity index (χ2v) is 3.79. The zero-order valence-corrected chi connectivity index (χ0v) is 10.2. The molecule has 17 heavy (non-hydrogen) atoms. The summed E-state index contributed by atoms with van der Waals surface area (Å²) >= 11 is 0. The Bertz CT molecular complexity index is 462. The van der Waals surface area contributed by atoms with Gasteiger partial charge in [0.15, 0.2) is 0 Å². The number of H-pyrrole nitrogens is 1. The average molecular weight is 231 g/mol. The van der Waals surface area contributed by atoms with E-state index in [-0.39, 0.29) is 0 Å². The molecule has 2 N–H and O–H groups in total. The van der Waals surface area contributed by atoms with Crippen molar-refractivity contribution in [3.63, 3.8) is 0 Å². The van der Waals surface area contributed by atoms with Crippen LogP contribution in [0.15, 0.2) is 30.3 Å². The Morgan fingerprint density at radius 2 is 2.06 bits per heavy atom. The van der Waals surface area contributed by atoms with Gasteiger partial charge in [-0.1, -0.05) is 6.92 Å². The predicted octanol–water partition coefficient (Wildman–Crippen LogP) is 2.91. The highest BCUT2D eigenvalue weighted by atomic mass is 16.5. The SMILES string of the molecule is CCCOc1ccc(-c2cc(NC)n[nH]2)cc1. The largest absolute Gasteiger partial charge is 0.494 e. The molecule has 1 aromatic heterocycles. The van der Waals surface area contributed by atoms with Crippen molar-refractivity contribution in [2.24, 2.45) is 0 Å². The summed E-state index contributed by atoms with van der Waals surface area (Å²) in [5.74, 6) is 1.75. The van der Waals surface area contributed by atoms with E-state index in [2.05, 4.69) is 22.4 Å². The fourth-order valence-electron chi connectivity index (χ4n) is 1.55. The lowest BCUT2D eigenvalue weighted by Gasteiger charge is -2.04. The number of ether oxygens (including phenoxy) is 1. The zero-order valence-electron chi connectivity index (χ0n) is 10.2. The average Bonchev–Trinajstić information content (AvgIpc) is 2.86. The van der Waals surface area contributed by atoms with Crippen LogP contribution in [0.25, 0.3) is 11.3 Å². The molecule has 1 heterocycles. The summed E-state index contributed by atoms with van der Waals surface area (Å²) in [6, 6.07) is 9.98. The Hall–Kier alpha value is -1.97. The Balaban J connectivity index is 2.11. The molecule has 0 aliphatic heterocycles. The van der Waals surface area contributed by atoms with E-state index in [0.29, 0.717) is 0 Å². The number of nitrogens with zero attached hydrogens (tertiary/aromatic N) is 1. The van der Waals surface area contributed by atoms with Crippen LogP contribution in [0.1, 0.15) is 13.3 Å². The minimum atomic E-state index is 0.757. The molecule has 4 heteroatoms. The van der Waals surface area contributed by atoms with Crippen molar-refractivity contribution in [2.75, 3.05) is 19.0 Å². The molecule has 2 aromatic rings. The molecular formula is C13H17N3O. The summed E-state index contributed by atoms with van der Waals surface area (Å²) in [6.45, 7) is 2.85. The van der Waals surface area contributed by atoms with Crippen LogP contribution in [-0.2, 0) is 0 Å². The van der Waals surface area contributed by atoms with Crippen molar-refractivity contribution < 1.29 is 4.74 Å². The molecule has 0 radical (unpaired) electrons. The van der Waals surface area contributed by atoms with E-state index in [0.717, 1.165) is 35.9 Å². The zero-order chi connectivity index (χ0) is 12.1. The smallest absolute Gasteiger partial charge is 0.148 e. The van der Waals surface area contributed by atoms with Crippen LogP contribution in [-0.4, -0.2) is 23.9 Å². The second-order valence-electron chi connectivity index (χ2n) is 3.79. The van der Waals surface area contributed by atoms with E-state index >= 15 is 0 Å². The molecule has 90 valence electrons. The third-order valence-electron chi connectivity index (χ3n) is 2.47. The maximum absolute atomic E-state index is 5.53. The van der Waals surface area contributed by atoms with E-state index in [4.69, 9.17) is 4.74 Å². The normalized spacial score (nSPS) is 10.2. The summed E-state index contributed by atoms with van der Waals surface area (Å²) < 4.78 is 5.53. The van der Waals surface area contributed by atoms with Crippen LogP contribution >= 0.6 is 0 Å². The Kier molecular flexibility index (Phi) is 3.65. The molecule has 0 saturated heterocycles. The maximum atomic E-state index is 5.53. The lowest BCUT2D eigenvalue weighted by Crippen LogP contribution is -1.94. The first kappa shape index (κ1) is 11.5. The second kappa shape index (κ2) is 5.39. The van der Waals surface area contributed by atoms with E-state index in [9.17, 15) is 0 Å².